The van der Waals surface area contributed by atoms with Crippen molar-refractivity contribution in [2.45, 2.75) is 57.1 Å². The van der Waals surface area contributed by atoms with Crippen molar-refractivity contribution in [1.82, 2.24) is 19.5 Å². The summed E-state index contributed by atoms with van der Waals surface area (Å²) >= 11 is 3.62. The average molecular weight is 643 g/mol. The fourth-order valence-corrected chi connectivity index (χ4v) is 5.23. The molecule has 8 N–H and O–H groups in total. The van der Waals surface area contributed by atoms with Crippen LogP contribution in [-0.4, -0.2) is 79.5 Å². The number of aliphatic hydroxyl groups excluding tert-OH is 2. The first-order valence-corrected chi connectivity index (χ1v) is 13.8. The minimum atomic E-state index is -3.71. The lowest BCUT2D eigenvalue weighted by Gasteiger charge is -2.33. The van der Waals surface area contributed by atoms with Crippen molar-refractivity contribution >= 4 is 50.1 Å². The molecule has 3 aromatic heterocycles. The number of aliphatic hydroxyl groups is 2. The van der Waals surface area contributed by atoms with E-state index in [1.165, 1.54) is 0 Å². The average Bonchev–Trinajstić information content (AvgIpc) is 3.41. The van der Waals surface area contributed by atoms with E-state index in [9.17, 15) is 23.5 Å². The molecule has 1 amide bonds. The third-order valence-electron chi connectivity index (χ3n) is 6.85. The Labute approximate surface area is 242 Å². The molecule has 13 nitrogen and oxygen atoms in total. The van der Waals surface area contributed by atoms with Gasteiger partial charge in [0.25, 0.3) is 0 Å². The van der Waals surface area contributed by atoms with E-state index in [2.05, 4.69) is 41.1 Å². The number of amides is 1. The number of anilines is 3. The lowest BCUT2D eigenvalue weighted by Crippen LogP contribution is -2.43. The number of hydrogen-bond acceptors (Lipinski definition) is 10. The highest BCUT2D eigenvalue weighted by Crippen LogP contribution is 2.42. The number of carbonyl (C=O) groups excluding carboxylic acids is 1. The molecule has 5 heterocycles. The third kappa shape index (κ3) is 6.35. The number of nitrogens with one attached hydrogen (secondary N) is 2. The second kappa shape index (κ2) is 12.4. The van der Waals surface area contributed by atoms with Gasteiger partial charge in [0.1, 0.15) is 17.6 Å². The fourth-order valence-electron chi connectivity index (χ4n) is 4.68. The Morgan fingerprint density at radius 1 is 1.41 bits per heavy atom. The van der Waals surface area contributed by atoms with Gasteiger partial charge in [-0.1, -0.05) is 13.8 Å². The van der Waals surface area contributed by atoms with Crippen LogP contribution in [0.5, 0.6) is 0 Å². The van der Waals surface area contributed by atoms with Gasteiger partial charge in [-0.25, -0.2) is 9.78 Å². The van der Waals surface area contributed by atoms with Crippen LogP contribution in [0.3, 0.4) is 0 Å². The summed E-state index contributed by atoms with van der Waals surface area (Å²) in [6.45, 7) is 4.73. The summed E-state index contributed by atoms with van der Waals surface area (Å²) in [5.74, 6) is -3.91. The molecule has 41 heavy (non-hydrogen) atoms. The van der Waals surface area contributed by atoms with E-state index in [0.717, 1.165) is 65.1 Å². The van der Waals surface area contributed by atoms with Gasteiger partial charge in [-0.15, -0.1) is 0 Å². The Morgan fingerprint density at radius 2 is 2.15 bits per heavy atom. The van der Waals surface area contributed by atoms with E-state index < -0.39 is 36.7 Å². The molecule has 4 atom stereocenters. The molecule has 2 aliphatic rings. The number of alkyl halides is 2. The van der Waals surface area contributed by atoms with Crippen molar-refractivity contribution in [3.63, 3.8) is 0 Å². The quantitative estimate of drug-likeness (QED) is 0.237. The molecule has 0 aromatic carbocycles. The van der Waals surface area contributed by atoms with Crippen molar-refractivity contribution in [1.29, 1.82) is 0 Å². The van der Waals surface area contributed by atoms with E-state index in [4.69, 9.17) is 21.3 Å². The van der Waals surface area contributed by atoms with Gasteiger partial charge in [0.2, 0.25) is 12.1 Å². The molecule has 2 aliphatic heterocycles. The Kier molecular flexibility index (Phi) is 9.28. The van der Waals surface area contributed by atoms with E-state index in [-0.39, 0.29) is 23.7 Å². The van der Waals surface area contributed by atoms with Crippen LogP contribution >= 0.6 is 15.9 Å². The van der Waals surface area contributed by atoms with Crippen LogP contribution in [0.15, 0.2) is 33.9 Å². The number of pyridine rings is 1. The first kappa shape index (κ1) is 30.8. The summed E-state index contributed by atoms with van der Waals surface area (Å²) in [4.78, 5) is 36.6. The molecule has 0 radical (unpaired) electrons. The van der Waals surface area contributed by atoms with Crippen molar-refractivity contribution in [3.05, 3.63) is 39.6 Å². The molecule has 224 valence electrons. The molecule has 0 saturated carbocycles. The predicted octanol–water partition coefficient (Wildman–Crippen LogP) is 1.56. The minimum absolute atomic E-state index is 0.00725. The SMILES string of the molecule is CC(C)C(=O)Nc1c[nH]c2ncc(Br)c(N3CCC[C@@H](N)C3)c12.Nc1ccn([C@@H]2O[C@H](CO)[C@@H](O)C2(F)F)c(=O)n1. The molecule has 5 rings (SSSR count). The molecular formula is C25H33BrF2N8O5. The van der Waals surface area contributed by atoms with Gasteiger partial charge < -0.3 is 41.6 Å². The van der Waals surface area contributed by atoms with E-state index >= 15 is 0 Å². The van der Waals surface area contributed by atoms with Crippen LogP contribution in [-0.2, 0) is 9.53 Å². The topological polar surface area (TPSA) is 198 Å². The maximum Gasteiger partial charge on any atom is 0.351 e. The van der Waals surface area contributed by atoms with E-state index in [1.807, 2.05) is 13.8 Å². The van der Waals surface area contributed by atoms with Crippen LogP contribution in [0.2, 0.25) is 0 Å². The Balaban J connectivity index is 0.000000195. The normalized spacial score (nSPS) is 23.9. The van der Waals surface area contributed by atoms with Crippen LogP contribution in [0, 0.1) is 5.92 Å². The number of fused-ring (bicyclic) bond motifs is 1. The lowest BCUT2D eigenvalue weighted by molar-refractivity contribution is -0.140. The van der Waals surface area contributed by atoms with Crippen LogP contribution in [0.1, 0.15) is 32.9 Å². The van der Waals surface area contributed by atoms with Gasteiger partial charge in [-0.3, -0.25) is 9.36 Å². The monoisotopic (exact) mass is 642 g/mol. The highest BCUT2D eigenvalue weighted by molar-refractivity contribution is 9.10. The number of piperidine rings is 1. The molecule has 2 saturated heterocycles. The van der Waals surface area contributed by atoms with Gasteiger partial charge in [0, 0.05) is 43.6 Å². The zero-order valence-corrected chi connectivity index (χ0v) is 24.0. The van der Waals surface area contributed by atoms with E-state index in [1.54, 1.807) is 12.4 Å². The Bertz CT molecular complexity index is 1450. The molecule has 0 aliphatic carbocycles. The molecule has 16 heteroatoms. The number of halogens is 3. The zero-order valence-electron chi connectivity index (χ0n) is 22.4. The number of aromatic amines is 1. The first-order valence-electron chi connectivity index (χ1n) is 13.0. The van der Waals surface area contributed by atoms with Gasteiger partial charge >= 0.3 is 11.6 Å². The van der Waals surface area contributed by atoms with Crippen molar-refractivity contribution in [3.8, 4) is 0 Å². The summed E-state index contributed by atoms with van der Waals surface area (Å²) in [6, 6.07) is 1.32. The maximum absolute atomic E-state index is 13.7. The lowest BCUT2D eigenvalue weighted by atomic mass is 10.1. The summed E-state index contributed by atoms with van der Waals surface area (Å²) < 4.78 is 33.6. The fraction of sp³-hybridized carbons (Fsp3) is 0.520. The number of nitrogens with zero attached hydrogens (tertiary/aromatic N) is 4. The highest BCUT2D eigenvalue weighted by atomic mass is 79.9. The number of hydrogen-bond donors (Lipinski definition) is 6. The molecule has 0 unspecified atom stereocenters. The van der Waals surface area contributed by atoms with Crippen molar-refractivity contribution in [2.75, 3.05) is 35.6 Å². The second-order valence-electron chi connectivity index (χ2n) is 10.2. The van der Waals surface area contributed by atoms with Crippen molar-refractivity contribution in [2.24, 2.45) is 11.7 Å². The van der Waals surface area contributed by atoms with E-state index in [0.29, 0.717) is 4.57 Å². The largest absolute Gasteiger partial charge is 0.394 e. The number of ether oxygens (including phenoxy) is 1. The maximum atomic E-state index is 13.7. The summed E-state index contributed by atoms with van der Waals surface area (Å²) in [5.41, 5.74) is 12.9. The minimum Gasteiger partial charge on any atom is -0.394 e. The summed E-state index contributed by atoms with van der Waals surface area (Å²) in [6.07, 6.45) is 1.02. The molecular weight excluding hydrogens is 610 g/mol. The number of carbonyl (C=O) groups is 1. The van der Waals surface area contributed by atoms with Gasteiger partial charge in [0.05, 0.1) is 27.8 Å². The zero-order chi connectivity index (χ0) is 30.1. The number of H-pyrrole nitrogens is 1. The molecule has 0 spiro atoms. The number of nitrogen functional groups attached to an aromatic ring is 1. The summed E-state index contributed by atoms with van der Waals surface area (Å²) in [7, 11) is 0. The van der Waals surface area contributed by atoms with Gasteiger partial charge in [-0.2, -0.15) is 13.8 Å². The Morgan fingerprint density at radius 3 is 2.76 bits per heavy atom. The number of nitrogens with two attached hydrogens (primary N) is 2. The van der Waals surface area contributed by atoms with Crippen LogP contribution in [0.4, 0.5) is 26.0 Å². The smallest absolute Gasteiger partial charge is 0.351 e. The number of rotatable bonds is 5. The predicted molar refractivity (Wildman–Crippen MR) is 152 cm³/mol. The third-order valence-corrected chi connectivity index (χ3v) is 7.43. The highest BCUT2D eigenvalue weighted by Gasteiger charge is 2.59. The first-order chi connectivity index (χ1) is 19.3. The molecule has 2 fully saturated rings. The molecule has 0 bridgehead atoms. The standard InChI is InChI=1S/C16H22BrN5O.C9H11F2N3O4/c1-9(2)16(23)21-12-7-20-15-13(12)14(11(17)6-19-15)22-5-3-4-10(18)8-22;10-9(11)6(16)4(3-15)18-7(9)14-2-1-5(12)13-8(14)17/h6-7,9-10H,3-5,8,18H2,1-2H3,(H,19,20)(H,21,23);1-2,4,6-7,15-16H,3H2,(H2,12,13,17)/t10-;4-,6-,7-/m11/s1. The van der Waals surface area contributed by atoms with Crippen molar-refractivity contribution < 1.29 is 28.5 Å². The van der Waals surface area contributed by atoms with Gasteiger partial charge in [-0.05, 0) is 34.8 Å². The molecule has 3 aromatic rings. The summed E-state index contributed by atoms with van der Waals surface area (Å²) in [5, 5.41) is 22.0. The Hall–Kier alpha value is -3.18. The van der Waals surface area contributed by atoms with Crippen LogP contribution < -0.4 is 27.4 Å². The van der Waals surface area contributed by atoms with Gasteiger partial charge in [0.15, 0.2) is 6.10 Å². The second-order valence-corrected chi connectivity index (χ2v) is 11.1. The van der Waals surface area contributed by atoms with Crippen LogP contribution in [0.25, 0.3) is 11.0 Å². The number of aromatic nitrogens is 4.